The van der Waals surface area contributed by atoms with Gasteiger partial charge in [0.25, 0.3) is 11.7 Å². The molecule has 1 heterocycles. The lowest BCUT2D eigenvalue weighted by atomic mass is 9.85. The molecule has 1 aliphatic heterocycles. The number of benzene rings is 2. The lowest BCUT2D eigenvalue weighted by molar-refractivity contribution is -0.140. The molecule has 1 fully saturated rings. The number of likely N-dealkylation sites (N-methyl/N-ethyl adjacent to an activating group) is 1. The number of aliphatic hydroxyl groups excluding tert-OH is 1. The quantitative estimate of drug-likeness (QED) is 0.378. The number of amides is 1. The van der Waals surface area contributed by atoms with Gasteiger partial charge in [-0.25, -0.2) is 0 Å². The van der Waals surface area contributed by atoms with Crippen LogP contribution in [-0.4, -0.2) is 68.0 Å². The van der Waals surface area contributed by atoms with E-state index in [4.69, 9.17) is 9.47 Å². The highest BCUT2D eigenvalue weighted by Gasteiger charge is 2.46. The van der Waals surface area contributed by atoms with Crippen molar-refractivity contribution in [1.82, 2.24) is 9.80 Å². The van der Waals surface area contributed by atoms with E-state index in [1.54, 1.807) is 23.1 Å². The third kappa shape index (κ3) is 4.94. The molecule has 0 aromatic heterocycles. The molecular formula is C27H34N2O5. The van der Waals surface area contributed by atoms with Crippen LogP contribution >= 0.6 is 0 Å². The predicted octanol–water partition coefficient (Wildman–Crippen LogP) is 3.98. The first kappa shape index (κ1) is 25.3. The van der Waals surface area contributed by atoms with Gasteiger partial charge in [-0.15, -0.1) is 0 Å². The second kappa shape index (κ2) is 9.89. The Morgan fingerprint density at radius 1 is 1.00 bits per heavy atom. The van der Waals surface area contributed by atoms with E-state index in [-0.39, 0.29) is 16.7 Å². The molecule has 7 heteroatoms. The average molecular weight is 467 g/mol. The Morgan fingerprint density at radius 3 is 2.15 bits per heavy atom. The number of hydrogen-bond donors (Lipinski definition) is 1. The van der Waals surface area contributed by atoms with Crippen molar-refractivity contribution in [3.05, 3.63) is 64.7 Å². The molecule has 3 rings (SSSR count). The summed E-state index contributed by atoms with van der Waals surface area (Å²) in [6, 6.07) is 12.1. The predicted molar refractivity (Wildman–Crippen MR) is 132 cm³/mol. The van der Waals surface area contributed by atoms with Gasteiger partial charge in [-0.3, -0.25) is 9.59 Å². The van der Waals surface area contributed by atoms with Crippen LogP contribution in [0.5, 0.6) is 11.5 Å². The zero-order chi connectivity index (χ0) is 25.2. The summed E-state index contributed by atoms with van der Waals surface area (Å²) in [6.45, 7) is 7.32. The standard InChI is InChI=1S/C27H34N2O5/c1-27(2,3)19-11-8-17(9-12-19)23-22(25(31)26(32)29(23)15-14-28(4)5)24(30)18-10-13-20(33-6)21(16-18)34-7/h8-13,16,23,30H,14-15H2,1-7H3/b24-22-. The number of aliphatic hydroxyl groups is 1. The molecule has 0 saturated carbocycles. The fourth-order valence-corrected chi connectivity index (χ4v) is 4.07. The van der Waals surface area contributed by atoms with Gasteiger partial charge in [-0.05, 0) is 48.8 Å². The fourth-order valence-electron chi connectivity index (χ4n) is 4.07. The van der Waals surface area contributed by atoms with Crippen LogP contribution in [-0.2, 0) is 15.0 Å². The van der Waals surface area contributed by atoms with Crippen LogP contribution in [0.1, 0.15) is 43.5 Å². The Morgan fingerprint density at radius 2 is 1.62 bits per heavy atom. The van der Waals surface area contributed by atoms with Crippen molar-refractivity contribution in [2.24, 2.45) is 0 Å². The van der Waals surface area contributed by atoms with Gasteiger partial charge >= 0.3 is 0 Å². The zero-order valence-electron chi connectivity index (χ0n) is 21.0. The van der Waals surface area contributed by atoms with E-state index < -0.39 is 17.7 Å². The number of ether oxygens (including phenoxy) is 2. The second-order valence-electron chi connectivity index (χ2n) is 9.74. The third-order valence-electron chi connectivity index (χ3n) is 6.08. The molecule has 0 spiro atoms. The smallest absolute Gasteiger partial charge is 0.295 e. The minimum absolute atomic E-state index is 0.0368. The molecule has 34 heavy (non-hydrogen) atoms. The summed E-state index contributed by atoms with van der Waals surface area (Å²) >= 11 is 0. The third-order valence-corrected chi connectivity index (χ3v) is 6.08. The average Bonchev–Trinajstić information content (AvgIpc) is 3.06. The SMILES string of the molecule is COc1ccc(/C(O)=C2/C(=O)C(=O)N(CCN(C)C)C2c2ccc(C(C)(C)C)cc2)cc1OC. The Labute approximate surface area is 201 Å². The molecule has 0 radical (unpaired) electrons. The molecule has 1 N–H and O–H groups in total. The van der Waals surface area contributed by atoms with Gasteiger partial charge in [0.15, 0.2) is 11.5 Å². The van der Waals surface area contributed by atoms with Crippen molar-refractivity contribution in [3.63, 3.8) is 0 Å². The van der Waals surface area contributed by atoms with Gasteiger partial charge in [-0.2, -0.15) is 0 Å². The van der Waals surface area contributed by atoms with Crippen LogP contribution in [0.2, 0.25) is 0 Å². The van der Waals surface area contributed by atoms with Crippen molar-refractivity contribution in [2.45, 2.75) is 32.2 Å². The Kier molecular flexibility index (Phi) is 7.36. The lowest BCUT2D eigenvalue weighted by Crippen LogP contribution is -2.35. The highest BCUT2D eigenvalue weighted by Crippen LogP contribution is 2.41. The van der Waals surface area contributed by atoms with Crippen LogP contribution in [0.25, 0.3) is 5.76 Å². The van der Waals surface area contributed by atoms with Gasteiger partial charge < -0.3 is 24.4 Å². The molecule has 2 aromatic rings. The van der Waals surface area contributed by atoms with Gasteiger partial charge in [0.05, 0.1) is 25.8 Å². The van der Waals surface area contributed by atoms with E-state index >= 15 is 0 Å². The fraction of sp³-hybridized carbons (Fsp3) is 0.407. The van der Waals surface area contributed by atoms with E-state index in [1.807, 2.05) is 43.3 Å². The molecule has 2 aromatic carbocycles. The molecule has 1 unspecified atom stereocenters. The number of ketones is 1. The molecule has 0 aliphatic carbocycles. The van der Waals surface area contributed by atoms with Crippen LogP contribution in [0.3, 0.4) is 0 Å². The van der Waals surface area contributed by atoms with Crippen LogP contribution < -0.4 is 9.47 Å². The van der Waals surface area contributed by atoms with Gasteiger partial charge in [-0.1, -0.05) is 45.0 Å². The summed E-state index contributed by atoms with van der Waals surface area (Å²) in [6.07, 6.45) is 0. The minimum Gasteiger partial charge on any atom is -0.507 e. The minimum atomic E-state index is -0.698. The first-order chi connectivity index (χ1) is 16.0. The van der Waals surface area contributed by atoms with Crippen LogP contribution in [0.15, 0.2) is 48.0 Å². The lowest BCUT2D eigenvalue weighted by Gasteiger charge is -2.27. The Balaban J connectivity index is 2.16. The van der Waals surface area contributed by atoms with E-state index in [1.165, 1.54) is 14.2 Å². The number of carbonyl (C=O) groups excluding carboxylic acids is 2. The van der Waals surface area contributed by atoms with E-state index in [2.05, 4.69) is 20.8 Å². The summed E-state index contributed by atoms with van der Waals surface area (Å²) in [7, 11) is 6.84. The largest absolute Gasteiger partial charge is 0.507 e. The topological polar surface area (TPSA) is 79.3 Å². The second-order valence-corrected chi connectivity index (χ2v) is 9.74. The summed E-state index contributed by atoms with van der Waals surface area (Å²) in [4.78, 5) is 29.7. The Bertz CT molecular complexity index is 1100. The van der Waals surface area contributed by atoms with Crippen molar-refractivity contribution in [3.8, 4) is 11.5 Å². The maximum atomic E-state index is 13.2. The first-order valence-electron chi connectivity index (χ1n) is 11.3. The molecule has 1 saturated heterocycles. The molecule has 0 bridgehead atoms. The Hall–Kier alpha value is -3.32. The normalized spacial score (nSPS) is 18.0. The monoisotopic (exact) mass is 466 g/mol. The number of likely N-dealkylation sites (tertiary alicyclic amines) is 1. The summed E-state index contributed by atoms with van der Waals surface area (Å²) in [5.74, 6) is -0.638. The van der Waals surface area contributed by atoms with Crippen LogP contribution in [0, 0.1) is 0 Å². The molecule has 182 valence electrons. The molecular weight excluding hydrogens is 432 g/mol. The van der Waals surface area contributed by atoms with Gasteiger partial charge in [0.2, 0.25) is 0 Å². The molecule has 1 atom stereocenters. The van der Waals surface area contributed by atoms with Crippen molar-refractivity contribution in [2.75, 3.05) is 41.4 Å². The number of Topliss-reactive ketones (excluding diaryl/α,β-unsaturated/α-hetero) is 1. The molecule has 1 amide bonds. The summed E-state index contributed by atoms with van der Waals surface area (Å²) < 4.78 is 10.6. The number of methoxy groups -OCH3 is 2. The van der Waals surface area contributed by atoms with Crippen LogP contribution in [0.4, 0.5) is 0 Å². The maximum absolute atomic E-state index is 13.2. The summed E-state index contributed by atoms with van der Waals surface area (Å²) in [5, 5.41) is 11.3. The van der Waals surface area contributed by atoms with E-state index in [0.29, 0.717) is 30.2 Å². The maximum Gasteiger partial charge on any atom is 0.295 e. The highest BCUT2D eigenvalue weighted by atomic mass is 16.5. The van der Waals surface area contributed by atoms with Crippen molar-refractivity contribution in [1.29, 1.82) is 0 Å². The number of carbonyl (C=O) groups is 2. The molecule has 7 nitrogen and oxygen atoms in total. The van der Waals surface area contributed by atoms with Crippen molar-refractivity contribution < 1.29 is 24.2 Å². The van der Waals surface area contributed by atoms with Crippen molar-refractivity contribution >= 4 is 17.4 Å². The number of nitrogens with zero attached hydrogens (tertiary/aromatic N) is 2. The van der Waals surface area contributed by atoms with Gasteiger partial charge in [0, 0.05) is 18.7 Å². The molecule has 1 aliphatic rings. The number of hydrogen-bond acceptors (Lipinski definition) is 6. The van der Waals surface area contributed by atoms with Gasteiger partial charge in [0.1, 0.15) is 5.76 Å². The number of rotatable bonds is 7. The first-order valence-corrected chi connectivity index (χ1v) is 11.3. The highest BCUT2D eigenvalue weighted by molar-refractivity contribution is 6.46. The zero-order valence-corrected chi connectivity index (χ0v) is 21.0. The summed E-state index contributed by atoms with van der Waals surface area (Å²) in [5.41, 5.74) is 2.32. The van der Waals surface area contributed by atoms with E-state index in [9.17, 15) is 14.7 Å². The van der Waals surface area contributed by atoms with E-state index in [0.717, 1.165) is 11.1 Å².